The van der Waals surface area contributed by atoms with Crippen LogP contribution >= 0.6 is 11.3 Å². The Hall–Kier alpha value is -1.16. The number of fused-ring (bicyclic) bond motifs is 1. The van der Waals surface area contributed by atoms with Gasteiger partial charge in [-0.3, -0.25) is 4.40 Å². The number of imidazole rings is 1. The fourth-order valence-electron chi connectivity index (χ4n) is 2.01. The highest BCUT2D eigenvalue weighted by molar-refractivity contribution is 7.89. The van der Waals surface area contributed by atoms with Crippen LogP contribution in [0.4, 0.5) is 5.82 Å². The van der Waals surface area contributed by atoms with Crippen LogP contribution in [0.5, 0.6) is 0 Å². The van der Waals surface area contributed by atoms with Crippen molar-refractivity contribution < 1.29 is 13.2 Å². The lowest BCUT2D eigenvalue weighted by atomic mass is 10.2. The second kappa shape index (κ2) is 7.21. The summed E-state index contributed by atoms with van der Waals surface area (Å²) < 4.78 is 34.1. The van der Waals surface area contributed by atoms with Crippen LogP contribution in [0.25, 0.3) is 4.96 Å². The van der Waals surface area contributed by atoms with Gasteiger partial charge in [0.1, 0.15) is 0 Å². The van der Waals surface area contributed by atoms with E-state index in [0.717, 1.165) is 19.3 Å². The zero-order valence-electron chi connectivity index (χ0n) is 12.1. The Morgan fingerprint density at radius 3 is 2.90 bits per heavy atom. The van der Waals surface area contributed by atoms with Crippen LogP contribution in [-0.2, 0) is 14.8 Å². The van der Waals surface area contributed by atoms with Crippen molar-refractivity contribution in [3.05, 3.63) is 11.6 Å². The van der Waals surface area contributed by atoms with E-state index in [1.807, 2.05) is 5.38 Å². The first-order chi connectivity index (χ1) is 10.1. The molecule has 2 rings (SSSR count). The summed E-state index contributed by atoms with van der Waals surface area (Å²) in [6.07, 6.45) is 4.35. The fourth-order valence-corrected chi connectivity index (χ4v) is 4.14. The molecule has 21 heavy (non-hydrogen) atoms. The van der Waals surface area contributed by atoms with E-state index in [1.54, 1.807) is 24.8 Å². The number of nitrogens with zero attached hydrogens (tertiary/aromatic N) is 2. The Balaban J connectivity index is 2.05. The second-order valence-corrected chi connectivity index (χ2v) is 7.08. The summed E-state index contributed by atoms with van der Waals surface area (Å²) in [7, 11) is -0.262. The van der Waals surface area contributed by atoms with Gasteiger partial charge < -0.3 is 10.1 Å². The number of ether oxygens (including phenoxy) is 1. The number of sulfonamides is 1. The van der Waals surface area contributed by atoms with E-state index in [2.05, 4.69) is 15.0 Å². The lowest BCUT2D eigenvalue weighted by Gasteiger charge is -2.07. The Morgan fingerprint density at radius 1 is 1.38 bits per heavy atom. The number of rotatable bonds is 9. The molecule has 0 unspecified atom stereocenters. The topological polar surface area (TPSA) is 84.7 Å². The minimum Gasteiger partial charge on any atom is -0.385 e. The molecule has 2 N–H and O–H groups in total. The number of aromatic nitrogens is 2. The lowest BCUT2D eigenvalue weighted by Crippen LogP contribution is -2.26. The van der Waals surface area contributed by atoms with E-state index in [1.165, 1.54) is 11.3 Å². The van der Waals surface area contributed by atoms with Crippen LogP contribution < -0.4 is 10.0 Å². The molecule has 0 saturated heterocycles. The van der Waals surface area contributed by atoms with Gasteiger partial charge in [-0.25, -0.2) is 18.1 Å². The quantitative estimate of drug-likeness (QED) is 0.680. The van der Waals surface area contributed by atoms with Gasteiger partial charge in [0, 0.05) is 38.9 Å². The number of hydrogen-bond donors (Lipinski definition) is 2. The molecule has 2 heterocycles. The van der Waals surface area contributed by atoms with Crippen molar-refractivity contribution in [1.82, 2.24) is 14.1 Å². The number of hydrogen-bond acceptors (Lipinski definition) is 6. The summed E-state index contributed by atoms with van der Waals surface area (Å²) in [6.45, 7) is 1.11. The molecular formula is C12H20N4O3S2. The summed E-state index contributed by atoms with van der Waals surface area (Å²) in [5.74, 6) is 0.369. The number of unbranched alkanes of at least 4 members (excludes halogenated alkanes) is 2. The first-order valence-electron chi connectivity index (χ1n) is 6.72. The third-order valence-corrected chi connectivity index (χ3v) is 5.27. The van der Waals surface area contributed by atoms with Crippen molar-refractivity contribution in [2.75, 3.05) is 32.6 Å². The molecule has 0 radical (unpaired) electrons. The predicted molar refractivity (Wildman–Crippen MR) is 83.5 cm³/mol. The average molecular weight is 332 g/mol. The van der Waals surface area contributed by atoms with Gasteiger partial charge in [0.15, 0.2) is 15.8 Å². The van der Waals surface area contributed by atoms with Crippen LogP contribution in [0.15, 0.2) is 16.6 Å². The lowest BCUT2D eigenvalue weighted by molar-refractivity contribution is 0.192. The minimum absolute atomic E-state index is 0.165. The Kier molecular flexibility index (Phi) is 5.57. The summed E-state index contributed by atoms with van der Waals surface area (Å²) in [4.78, 5) is 4.91. The van der Waals surface area contributed by atoms with Crippen LogP contribution in [0, 0.1) is 0 Å². The van der Waals surface area contributed by atoms with Gasteiger partial charge in [-0.1, -0.05) is 0 Å². The van der Waals surface area contributed by atoms with Crippen LogP contribution in [0.2, 0.25) is 0 Å². The van der Waals surface area contributed by atoms with Crippen LogP contribution in [0.3, 0.4) is 0 Å². The van der Waals surface area contributed by atoms with E-state index in [0.29, 0.717) is 23.9 Å². The molecule has 0 aliphatic carbocycles. The smallest absolute Gasteiger partial charge is 0.260 e. The SMILES string of the molecule is CNc1nc2sccn2c1S(=O)(=O)NCCCCCOC. The van der Waals surface area contributed by atoms with Crippen molar-refractivity contribution in [3.8, 4) is 0 Å². The predicted octanol–water partition coefficient (Wildman–Crippen LogP) is 1.53. The van der Waals surface area contributed by atoms with Crippen molar-refractivity contribution in [2.24, 2.45) is 0 Å². The highest BCUT2D eigenvalue weighted by Gasteiger charge is 2.24. The van der Waals surface area contributed by atoms with E-state index in [9.17, 15) is 8.42 Å². The standard InChI is InChI=1S/C12H20N4O3S2/c1-13-10-11(16-7-9-20-12(16)15-10)21(17,18)14-6-4-3-5-8-19-2/h7,9,13-14H,3-6,8H2,1-2H3. The molecule has 118 valence electrons. The van der Waals surface area contributed by atoms with E-state index < -0.39 is 10.0 Å². The van der Waals surface area contributed by atoms with Gasteiger partial charge in [0.25, 0.3) is 10.0 Å². The number of thiazole rings is 1. The van der Waals surface area contributed by atoms with Crippen LogP contribution in [-0.4, -0.2) is 45.1 Å². The maximum absolute atomic E-state index is 12.4. The third-order valence-electron chi connectivity index (χ3n) is 3.03. The largest absolute Gasteiger partial charge is 0.385 e. The Labute approximate surface area is 128 Å². The Bertz CT molecular complexity index is 678. The fraction of sp³-hybridized carbons (Fsp3) is 0.583. The summed E-state index contributed by atoms with van der Waals surface area (Å²) >= 11 is 1.40. The molecule has 9 heteroatoms. The van der Waals surface area contributed by atoms with Crippen molar-refractivity contribution in [3.63, 3.8) is 0 Å². The third kappa shape index (κ3) is 3.73. The number of anilines is 1. The summed E-state index contributed by atoms with van der Waals surface area (Å²) in [5, 5.41) is 4.81. The van der Waals surface area contributed by atoms with Gasteiger partial charge in [-0.15, -0.1) is 11.3 Å². The van der Waals surface area contributed by atoms with Gasteiger partial charge in [-0.2, -0.15) is 0 Å². The molecule has 0 atom stereocenters. The first kappa shape index (κ1) is 16.2. The summed E-state index contributed by atoms with van der Waals surface area (Å²) in [5.41, 5.74) is 0. The average Bonchev–Trinajstić information content (AvgIpc) is 3.02. The molecule has 0 amide bonds. The van der Waals surface area contributed by atoms with Gasteiger partial charge in [0.2, 0.25) is 0 Å². The van der Waals surface area contributed by atoms with Gasteiger partial charge in [0.05, 0.1) is 0 Å². The maximum Gasteiger partial charge on any atom is 0.260 e. The molecular weight excluding hydrogens is 312 g/mol. The molecule has 0 saturated carbocycles. The van der Waals surface area contributed by atoms with Crippen molar-refractivity contribution in [2.45, 2.75) is 24.3 Å². The van der Waals surface area contributed by atoms with Gasteiger partial charge in [-0.05, 0) is 19.3 Å². The van der Waals surface area contributed by atoms with Crippen molar-refractivity contribution >= 4 is 32.1 Å². The molecule has 0 aromatic carbocycles. The zero-order chi connectivity index (χ0) is 15.3. The normalized spacial score (nSPS) is 12.1. The van der Waals surface area contributed by atoms with E-state index in [4.69, 9.17) is 4.74 Å². The number of methoxy groups -OCH3 is 1. The minimum atomic E-state index is -3.59. The number of nitrogens with one attached hydrogen (secondary N) is 2. The molecule has 2 aromatic rings. The Morgan fingerprint density at radius 2 is 2.19 bits per heavy atom. The molecule has 7 nitrogen and oxygen atoms in total. The molecule has 2 aromatic heterocycles. The molecule has 0 fully saturated rings. The highest BCUT2D eigenvalue weighted by Crippen LogP contribution is 2.25. The second-order valence-electron chi connectivity index (χ2n) is 4.52. The molecule has 0 spiro atoms. The molecule has 0 aliphatic rings. The highest BCUT2D eigenvalue weighted by atomic mass is 32.2. The van der Waals surface area contributed by atoms with E-state index in [-0.39, 0.29) is 5.03 Å². The summed E-state index contributed by atoms with van der Waals surface area (Å²) in [6, 6.07) is 0. The maximum atomic E-state index is 12.4. The molecule has 0 bridgehead atoms. The van der Waals surface area contributed by atoms with Gasteiger partial charge >= 0.3 is 0 Å². The van der Waals surface area contributed by atoms with Crippen LogP contribution in [0.1, 0.15) is 19.3 Å². The van der Waals surface area contributed by atoms with Crippen molar-refractivity contribution in [1.29, 1.82) is 0 Å². The zero-order valence-corrected chi connectivity index (χ0v) is 13.8. The molecule has 0 aliphatic heterocycles. The monoisotopic (exact) mass is 332 g/mol. The van der Waals surface area contributed by atoms with E-state index >= 15 is 0 Å². The first-order valence-corrected chi connectivity index (χ1v) is 9.08.